The van der Waals surface area contributed by atoms with Crippen molar-refractivity contribution < 1.29 is 4.79 Å². The van der Waals surface area contributed by atoms with E-state index in [0.29, 0.717) is 11.7 Å². The SMILES string of the molecule is CC(=O)N1CCC(c2nc(-c3cccnc3)ncc2-c2ccccc2C)CC1. The van der Waals surface area contributed by atoms with Crippen molar-refractivity contribution in [3.63, 3.8) is 0 Å². The van der Waals surface area contributed by atoms with Gasteiger partial charge in [-0.2, -0.15) is 0 Å². The number of benzene rings is 1. The maximum atomic E-state index is 11.7. The van der Waals surface area contributed by atoms with E-state index in [1.807, 2.05) is 23.2 Å². The number of carbonyl (C=O) groups excluding carboxylic acids is 1. The van der Waals surface area contributed by atoms with E-state index in [-0.39, 0.29) is 5.91 Å². The summed E-state index contributed by atoms with van der Waals surface area (Å²) in [6, 6.07) is 12.2. The quantitative estimate of drug-likeness (QED) is 0.690. The van der Waals surface area contributed by atoms with Crippen LogP contribution in [0.2, 0.25) is 0 Å². The number of hydrogen-bond donors (Lipinski definition) is 0. The molecule has 0 aliphatic carbocycles. The second kappa shape index (κ2) is 7.89. The first-order chi connectivity index (χ1) is 13.6. The van der Waals surface area contributed by atoms with Crippen LogP contribution < -0.4 is 0 Å². The maximum Gasteiger partial charge on any atom is 0.219 e. The van der Waals surface area contributed by atoms with Crippen molar-refractivity contribution in [1.29, 1.82) is 0 Å². The maximum absolute atomic E-state index is 11.7. The fourth-order valence-corrected chi connectivity index (χ4v) is 3.89. The summed E-state index contributed by atoms with van der Waals surface area (Å²) in [5.41, 5.74) is 5.46. The smallest absolute Gasteiger partial charge is 0.219 e. The molecule has 5 heteroatoms. The molecule has 1 aliphatic heterocycles. The topological polar surface area (TPSA) is 59.0 Å². The van der Waals surface area contributed by atoms with Gasteiger partial charge in [-0.1, -0.05) is 24.3 Å². The number of piperidine rings is 1. The number of rotatable bonds is 3. The number of likely N-dealkylation sites (tertiary alicyclic amines) is 1. The van der Waals surface area contributed by atoms with Crippen LogP contribution in [0, 0.1) is 6.92 Å². The van der Waals surface area contributed by atoms with Gasteiger partial charge in [0, 0.05) is 55.6 Å². The Bertz CT molecular complexity index is 979. The monoisotopic (exact) mass is 372 g/mol. The van der Waals surface area contributed by atoms with E-state index in [9.17, 15) is 4.79 Å². The predicted molar refractivity (Wildman–Crippen MR) is 110 cm³/mol. The van der Waals surface area contributed by atoms with Crippen molar-refractivity contribution in [2.24, 2.45) is 0 Å². The van der Waals surface area contributed by atoms with Crippen LogP contribution in [0.4, 0.5) is 0 Å². The number of carbonyl (C=O) groups is 1. The van der Waals surface area contributed by atoms with E-state index >= 15 is 0 Å². The Morgan fingerprint density at radius 3 is 2.50 bits per heavy atom. The molecule has 0 saturated carbocycles. The van der Waals surface area contributed by atoms with Gasteiger partial charge in [0.1, 0.15) is 0 Å². The number of aromatic nitrogens is 3. The molecule has 0 bridgehead atoms. The Morgan fingerprint density at radius 1 is 1.04 bits per heavy atom. The predicted octanol–water partition coefficient (Wildman–Crippen LogP) is 4.24. The zero-order valence-electron chi connectivity index (χ0n) is 16.3. The van der Waals surface area contributed by atoms with E-state index in [1.54, 1.807) is 19.3 Å². The lowest BCUT2D eigenvalue weighted by Gasteiger charge is -2.32. The van der Waals surface area contributed by atoms with E-state index < -0.39 is 0 Å². The highest BCUT2D eigenvalue weighted by molar-refractivity contribution is 5.73. The third-order valence-corrected chi connectivity index (χ3v) is 5.50. The number of nitrogens with zero attached hydrogens (tertiary/aromatic N) is 4. The summed E-state index contributed by atoms with van der Waals surface area (Å²) in [4.78, 5) is 27.5. The van der Waals surface area contributed by atoms with Gasteiger partial charge in [0.2, 0.25) is 5.91 Å². The van der Waals surface area contributed by atoms with Gasteiger partial charge in [-0.3, -0.25) is 9.78 Å². The standard InChI is InChI=1S/C23H24N4O/c1-16-6-3-4-8-20(16)21-15-25-23(19-7-5-11-24-14-19)26-22(21)18-9-12-27(13-10-18)17(2)28/h3-8,11,14-15,18H,9-10,12-13H2,1-2H3. The molecule has 1 fully saturated rings. The van der Waals surface area contributed by atoms with Crippen molar-refractivity contribution in [3.8, 4) is 22.5 Å². The molecular weight excluding hydrogens is 348 g/mol. The Kier molecular flexibility index (Phi) is 5.15. The largest absolute Gasteiger partial charge is 0.343 e. The van der Waals surface area contributed by atoms with Crippen LogP contribution in [0.15, 0.2) is 55.0 Å². The van der Waals surface area contributed by atoms with Crippen LogP contribution in [-0.2, 0) is 4.79 Å². The van der Waals surface area contributed by atoms with E-state index in [0.717, 1.165) is 42.8 Å². The molecule has 0 radical (unpaired) electrons. The minimum absolute atomic E-state index is 0.149. The summed E-state index contributed by atoms with van der Waals surface area (Å²) in [6.07, 6.45) is 7.34. The molecule has 142 valence electrons. The van der Waals surface area contributed by atoms with Crippen molar-refractivity contribution >= 4 is 5.91 Å². The van der Waals surface area contributed by atoms with Gasteiger partial charge in [0.15, 0.2) is 5.82 Å². The third kappa shape index (κ3) is 3.65. The molecule has 0 spiro atoms. The van der Waals surface area contributed by atoms with Crippen LogP contribution in [0.1, 0.15) is 36.9 Å². The minimum atomic E-state index is 0.149. The van der Waals surface area contributed by atoms with E-state index in [1.165, 1.54) is 11.1 Å². The molecule has 0 N–H and O–H groups in total. The first-order valence-electron chi connectivity index (χ1n) is 9.72. The van der Waals surface area contributed by atoms with Crippen LogP contribution in [0.5, 0.6) is 0 Å². The zero-order valence-corrected chi connectivity index (χ0v) is 16.3. The Hall–Kier alpha value is -3.08. The van der Waals surface area contributed by atoms with Gasteiger partial charge in [0.25, 0.3) is 0 Å². The van der Waals surface area contributed by atoms with Crippen molar-refractivity contribution in [1.82, 2.24) is 19.9 Å². The Balaban J connectivity index is 1.77. The van der Waals surface area contributed by atoms with Gasteiger partial charge >= 0.3 is 0 Å². The van der Waals surface area contributed by atoms with Crippen LogP contribution >= 0.6 is 0 Å². The molecule has 3 aromatic rings. The highest BCUT2D eigenvalue weighted by Crippen LogP contribution is 2.36. The fraction of sp³-hybridized carbons (Fsp3) is 0.304. The highest BCUT2D eigenvalue weighted by atomic mass is 16.2. The Labute approximate surface area is 165 Å². The van der Waals surface area contributed by atoms with Gasteiger partial charge in [-0.25, -0.2) is 9.97 Å². The minimum Gasteiger partial charge on any atom is -0.343 e. The first kappa shape index (κ1) is 18.3. The molecule has 1 aliphatic rings. The highest BCUT2D eigenvalue weighted by Gasteiger charge is 2.26. The molecule has 1 saturated heterocycles. The molecule has 4 rings (SSSR count). The fourth-order valence-electron chi connectivity index (χ4n) is 3.89. The number of pyridine rings is 1. The lowest BCUT2D eigenvalue weighted by atomic mass is 9.87. The average Bonchev–Trinajstić information content (AvgIpc) is 2.74. The summed E-state index contributed by atoms with van der Waals surface area (Å²) in [5.74, 6) is 1.16. The number of hydrogen-bond acceptors (Lipinski definition) is 4. The molecule has 0 atom stereocenters. The van der Waals surface area contributed by atoms with Crippen molar-refractivity contribution in [3.05, 3.63) is 66.2 Å². The molecule has 5 nitrogen and oxygen atoms in total. The number of amides is 1. The van der Waals surface area contributed by atoms with E-state index in [4.69, 9.17) is 4.98 Å². The van der Waals surface area contributed by atoms with E-state index in [2.05, 4.69) is 41.2 Å². The summed E-state index contributed by atoms with van der Waals surface area (Å²) < 4.78 is 0. The Morgan fingerprint density at radius 2 is 1.82 bits per heavy atom. The van der Waals surface area contributed by atoms with Crippen molar-refractivity contribution in [2.45, 2.75) is 32.6 Å². The molecular formula is C23H24N4O. The van der Waals surface area contributed by atoms with Gasteiger partial charge in [0.05, 0.1) is 5.69 Å². The summed E-state index contributed by atoms with van der Waals surface area (Å²) >= 11 is 0. The summed E-state index contributed by atoms with van der Waals surface area (Å²) in [7, 11) is 0. The molecule has 3 heterocycles. The second-order valence-electron chi connectivity index (χ2n) is 7.33. The van der Waals surface area contributed by atoms with Gasteiger partial charge in [-0.15, -0.1) is 0 Å². The normalized spacial score (nSPS) is 14.9. The lowest BCUT2D eigenvalue weighted by Crippen LogP contribution is -2.36. The van der Waals surface area contributed by atoms with Gasteiger partial charge in [-0.05, 0) is 43.0 Å². The summed E-state index contributed by atoms with van der Waals surface area (Å²) in [5, 5.41) is 0. The second-order valence-corrected chi connectivity index (χ2v) is 7.33. The summed E-state index contributed by atoms with van der Waals surface area (Å²) in [6.45, 7) is 5.32. The lowest BCUT2D eigenvalue weighted by molar-refractivity contribution is -0.129. The van der Waals surface area contributed by atoms with Gasteiger partial charge < -0.3 is 4.90 Å². The van der Waals surface area contributed by atoms with Crippen LogP contribution in [-0.4, -0.2) is 38.8 Å². The molecule has 28 heavy (non-hydrogen) atoms. The first-order valence-corrected chi connectivity index (χ1v) is 9.72. The molecule has 0 unspecified atom stereocenters. The average molecular weight is 372 g/mol. The molecule has 2 aromatic heterocycles. The molecule has 1 amide bonds. The zero-order chi connectivity index (χ0) is 19.5. The van der Waals surface area contributed by atoms with Crippen molar-refractivity contribution in [2.75, 3.05) is 13.1 Å². The number of aryl methyl sites for hydroxylation is 1. The van der Waals surface area contributed by atoms with Crippen LogP contribution in [0.3, 0.4) is 0 Å². The molecule has 1 aromatic carbocycles. The third-order valence-electron chi connectivity index (χ3n) is 5.50. The van der Waals surface area contributed by atoms with Crippen LogP contribution in [0.25, 0.3) is 22.5 Å².